The standard InChI is InChI=1S/C26H33N5O2/c1-3-20(4-2)24(30-13-15-33-16-14-30)18-28-26(32)23-19-31(22-10-6-5-7-11-22)29-25(23)21-9-8-12-27-17-21/h5-12,17,19-20,24H,3-4,13-16,18H2,1-2H3,(H,28,32). The maximum atomic E-state index is 13.4. The highest BCUT2D eigenvalue weighted by atomic mass is 16.5. The molecule has 1 fully saturated rings. The lowest BCUT2D eigenvalue weighted by atomic mass is 9.92. The zero-order valence-corrected chi connectivity index (χ0v) is 19.5. The minimum absolute atomic E-state index is 0.111. The van der Waals surface area contributed by atoms with Gasteiger partial charge in [-0.3, -0.25) is 14.7 Å². The third-order valence-corrected chi connectivity index (χ3v) is 6.49. The summed E-state index contributed by atoms with van der Waals surface area (Å²) in [5, 5.41) is 7.97. The van der Waals surface area contributed by atoms with E-state index in [2.05, 4.69) is 29.0 Å². The summed E-state index contributed by atoms with van der Waals surface area (Å²) >= 11 is 0. The number of pyridine rings is 1. The summed E-state index contributed by atoms with van der Waals surface area (Å²) in [5.41, 5.74) is 2.92. The summed E-state index contributed by atoms with van der Waals surface area (Å²) in [6, 6.07) is 13.9. The summed E-state index contributed by atoms with van der Waals surface area (Å²) in [5.74, 6) is 0.411. The molecule has 1 aromatic carbocycles. The molecule has 7 heteroatoms. The molecule has 4 rings (SSSR count). The number of hydrogen-bond acceptors (Lipinski definition) is 5. The van der Waals surface area contributed by atoms with E-state index in [0.29, 0.717) is 29.8 Å². The van der Waals surface area contributed by atoms with Gasteiger partial charge in [-0.05, 0) is 30.2 Å². The molecule has 1 N–H and O–H groups in total. The van der Waals surface area contributed by atoms with Gasteiger partial charge in [0.25, 0.3) is 5.91 Å². The van der Waals surface area contributed by atoms with Crippen molar-refractivity contribution in [2.24, 2.45) is 5.92 Å². The first-order valence-electron chi connectivity index (χ1n) is 11.9. The van der Waals surface area contributed by atoms with Crippen LogP contribution in [-0.4, -0.2) is 64.5 Å². The zero-order valence-electron chi connectivity index (χ0n) is 19.5. The van der Waals surface area contributed by atoms with Crippen LogP contribution in [0.3, 0.4) is 0 Å². The van der Waals surface area contributed by atoms with Gasteiger partial charge in [-0.25, -0.2) is 4.68 Å². The Balaban J connectivity index is 1.59. The molecule has 0 bridgehead atoms. The summed E-state index contributed by atoms with van der Waals surface area (Å²) in [6.45, 7) is 8.38. The quantitative estimate of drug-likeness (QED) is 0.540. The molecule has 1 aliphatic rings. The second kappa shape index (κ2) is 11.2. The largest absolute Gasteiger partial charge is 0.379 e. The van der Waals surface area contributed by atoms with Crippen LogP contribution in [0.25, 0.3) is 16.9 Å². The molecule has 174 valence electrons. The SMILES string of the molecule is CCC(CC)C(CNC(=O)c1cn(-c2ccccc2)nc1-c1cccnc1)N1CCOCC1. The number of nitrogens with zero attached hydrogens (tertiary/aromatic N) is 4. The molecule has 33 heavy (non-hydrogen) atoms. The van der Waals surface area contributed by atoms with Gasteiger partial charge in [0, 0.05) is 49.8 Å². The van der Waals surface area contributed by atoms with Gasteiger partial charge in [-0.2, -0.15) is 5.10 Å². The Hall–Kier alpha value is -3.03. The van der Waals surface area contributed by atoms with Crippen LogP contribution in [0.4, 0.5) is 0 Å². The van der Waals surface area contributed by atoms with Gasteiger partial charge in [0.1, 0.15) is 5.69 Å². The summed E-state index contributed by atoms with van der Waals surface area (Å²) in [7, 11) is 0. The number of ether oxygens (including phenoxy) is 1. The second-order valence-electron chi connectivity index (χ2n) is 8.42. The second-order valence-corrected chi connectivity index (χ2v) is 8.42. The van der Waals surface area contributed by atoms with Gasteiger partial charge >= 0.3 is 0 Å². The van der Waals surface area contributed by atoms with E-state index in [1.807, 2.05) is 48.7 Å². The Bertz CT molecular complexity index is 1010. The monoisotopic (exact) mass is 447 g/mol. The highest BCUT2D eigenvalue weighted by molar-refractivity contribution is 5.99. The van der Waals surface area contributed by atoms with Crippen LogP contribution in [0, 0.1) is 5.92 Å². The molecule has 0 spiro atoms. The van der Waals surface area contributed by atoms with Crippen molar-refractivity contribution in [3.8, 4) is 16.9 Å². The van der Waals surface area contributed by atoms with Gasteiger partial charge in [0.15, 0.2) is 0 Å². The molecular formula is C26H33N5O2. The van der Waals surface area contributed by atoms with Crippen molar-refractivity contribution < 1.29 is 9.53 Å². The van der Waals surface area contributed by atoms with E-state index in [4.69, 9.17) is 9.84 Å². The van der Waals surface area contributed by atoms with Crippen molar-refractivity contribution in [3.63, 3.8) is 0 Å². The van der Waals surface area contributed by atoms with E-state index in [9.17, 15) is 4.79 Å². The fourth-order valence-corrected chi connectivity index (χ4v) is 4.60. The maximum Gasteiger partial charge on any atom is 0.255 e. The van der Waals surface area contributed by atoms with Gasteiger partial charge in [0.2, 0.25) is 0 Å². The smallest absolute Gasteiger partial charge is 0.255 e. The number of morpholine rings is 1. The van der Waals surface area contributed by atoms with Gasteiger partial charge in [0.05, 0.1) is 24.5 Å². The van der Waals surface area contributed by atoms with Crippen LogP contribution in [-0.2, 0) is 4.74 Å². The molecular weight excluding hydrogens is 414 g/mol. The molecule has 7 nitrogen and oxygen atoms in total. The molecule has 2 aromatic heterocycles. The number of nitrogens with one attached hydrogen (secondary N) is 1. The fraction of sp³-hybridized carbons (Fsp3) is 0.423. The van der Waals surface area contributed by atoms with Crippen LogP contribution in [0.1, 0.15) is 37.0 Å². The van der Waals surface area contributed by atoms with Crippen LogP contribution < -0.4 is 5.32 Å². The van der Waals surface area contributed by atoms with Crippen LogP contribution >= 0.6 is 0 Å². The average molecular weight is 448 g/mol. The lowest BCUT2D eigenvalue weighted by Crippen LogP contribution is -2.52. The molecule has 1 saturated heterocycles. The molecule has 1 aliphatic heterocycles. The highest BCUT2D eigenvalue weighted by Crippen LogP contribution is 2.24. The Morgan fingerprint density at radius 2 is 1.85 bits per heavy atom. The predicted molar refractivity (Wildman–Crippen MR) is 129 cm³/mol. The van der Waals surface area contributed by atoms with Crippen molar-refractivity contribution in [1.29, 1.82) is 0 Å². The molecule has 0 aliphatic carbocycles. The van der Waals surface area contributed by atoms with Crippen LogP contribution in [0.2, 0.25) is 0 Å². The zero-order chi connectivity index (χ0) is 23.0. The molecule has 3 aromatic rings. The van der Waals surface area contributed by atoms with Crippen molar-refractivity contribution in [2.45, 2.75) is 32.7 Å². The predicted octanol–water partition coefficient (Wildman–Crippen LogP) is 3.80. The third kappa shape index (κ3) is 5.49. The Labute approximate surface area is 195 Å². The van der Waals surface area contributed by atoms with E-state index in [-0.39, 0.29) is 5.91 Å². The number of amides is 1. The molecule has 0 saturated carbocycles. The van der Waals surface area contributed by atoms with Crippen LogP contribution in [0.5, 0.6) is 0 Å². The first-order valence-corrected chi connectivity index (χ1v) is 11.9. The number of benzene rings is 1. The normalized spacial score (nSPS) is 15.5. The van der Waals surface area contributed by atoms with E-state index in [0.717, 1.165) is 50.4 Å². The summed E-state index contributed by atoms with van der Waals surface area (Å²) < 4.78 is 7.32. The van der Waals surface area contributed by atoms with E-state index in [1.165, 1.54) is 0 Å². The van der Waals surface area contributed by atoms with E-state index >= 15 is 0 Å². The molecule has 1 amide bonds. The van der Waals surface area contributed by atoms with Gasteiger partial charge in [-0.1, -0.05) is 44.9 Å². The minimum atomic E-state index is -0.111. The fourth-order valence-electron chi connectivity index (χ4n) is 4.60. The summed E-state index contributed by atoms with van der Waals surface area (Å²) in [6.07, 6.45) is 7.45. The lowest BCUT2D eigenvalue weighted by Gasteiger charge is -2.38. The Kier molecular flexibility index (Phi) is 7.86. The molecule has 3 heterocycles. The van der Waals surface area contributed by atoms with Crippen molar-refractivity contribution in [1.82, 2.24) is 25.0 Å². The number of carbonyl (C=O) groups is 1. The number of hydrogen-bond donors (Lipinski definition) is 1. The average Bonchev–Trinajstić information content (AvgIpc) is 3.34. The van der Waals surface area contributed by atoms with Gasteiger partial charge in [-0.15, -0.1) is 0 Å². The van der Waals surface area contributed by atoms with Gasteiger partial charge < -0.3 is 10.1 Å². The molecule has 0 radical (unpaired) electrons. The molecule has 1 unspecified atom stereocenters. The molecule has 1 atom stereocenters. The maximum absolute atomic E-state index is 13.4. The van der Waals surface area contributed by atoms with Crippen LogP contribution in [0.15, 0.2) is 61.1 Å². The van der Waals surface area contributed by atoms with Crippen molar-refractivity contribution in [3.05, 3.63) is 66.6 Å². The van der Waals surface area contributed by atoms with Crippen molar-refractivity contribution in [2.75, 3.05) is 32.8 Å². The van der Waals surface area contributed by atoms with E-state index < -0.39 is 0 Å². The lowest BCUT2D eigenvalue weighted by molar-refractivity contribution is 0.00191. The highest BCUT2D eigenvalue weighted by Gasteiger charge is 2.28. The number of rotatable bonds is 9. The third-order valence-electron chi connectivity index (χ3n) is 6.49. The number of para-hydroxylation sites is 1. The first-order chi connectivity index (χ1) is 16.2. The number of aromatic nitrogens is 3. The minimum Gasteiger partial charge on any atom is -0.379 e. The Morgan fingerprint density at radius 3 is 2.52 bits per heavy atom. The van der Waals surface area contributed by atoms with Crippen molar-refractivity contribution >= 4 is 5.91 Å². The first kappa shape index (κ1) is 23.1. The number of carbonyl (C=O) groups excluding carboxylic acids is 1. The summed E-state index contributed by atoms with van der Waals surface area (Å²) in [4.78, 5) is 20.1. The Morgan fingerprint density at radius 1 is 1.09 bits per heavy atom. The van der Waals surface area contributed by atoms with E-state index in [1.54, 1.807) is 17.1 Å². The topological polar surface area (TPSA) is 72.3 Å².